The second-order valence-corrected chi connectivity index (χ2v) is 5.00. The minimum absolute atomic E-state index is 0.128. The molecule has 1 unspecified atom stereocenters. The molecule has 1 aliphatic heterocycles. The third-order valence-corrected chi connectivity index (χ3v) is 3.66. The molecule has 1 aromatic rings. The van der Waals surface area contributed by atoms with Gasteiger partial charge in [0.05, 0.1) is 24.3 Å². The van der Waals surface area contributed by atoms with E-state index in [2.05, 4.69) is 28.1 Å². The van der Waals surface area contributed by atoms with Crippen molar-refractivity contribution in [1.29, 1.82) is 0 Å². The van der Waals surface area contributed by atoms with Gasteiger partial charge in [0.25, 0.3) is 0 Å². The Morgan fingerprint density at radius 3 is 3.06 bits per heavy atom. The Kier molecular flexibility index (Phi) is 4.11. The highest BCUT2D eigenvalue weighted by atomic mass is 79.9. The second-order valence-electron chi connectivity index (χ2n) is 3.77. The van der Waals surface area contributed by atoms with E-state index in [1.54, 1.807) is 7.11 Å². The maximum atomic E-state index is 5.78. The van der Waals surface area contributed by atoms with Gasteiger partial charge in [0.2, 0.25) is 0 Å². The van der Waals surface area contributed by atoms with E-state index >= 15 is 0 Å². The van der Waals surface area contributed by atoms with Gasteiger partial charge in [-0.3, -0.25) is 0 Å². The first-order chi connectivity index (χ1) is 7.76. The van der Waals surface area contributed by atoms with Crippen LogP contribution >= 0.6 is 27.5 Å². The molecule has 0 saturated heterocycles. The summed E-state index contributed by atoms with van der Waals surface area (Å²) in [4.78, 5) is 0. The smallest absolute Gasteiger partial charge is 0.133 e. The third-order valence-electron chi connectivity index (χ3n) is 2.82. The number of hydrogen-bond acceptors (Lipinski definition) is 2. The van der Waals surface area contributed by atoms with Gasteiger partial charge in [-0.25, -0.2) is 0 Å². The predicted molar refractivity (Wildman–Crippen MR) is 68.4 cm³/mol. The maximum Gasteiger partial charge on any atom is 0.133 e. The number of alkyl halides is 1. The summed E-state index contributed by atoms with van der Waals surface area (Å²) in [5.74, 6) is 1.50. The van der Waals surface area contributed by atoms with Crippen LogP contribution in [-0.4, -0.2) is 19.6 Å². The number of hydrogen-bond donors (Lipinski definition) is 0. The summed E-state index contributed by atoms with van der Waals surface area (Å²) in [5, 5.41) is 0. The zero-order valence-corrected chi connectivity index (χ0v) is 11.5. The number of fused-ring (bicyclic) bond motifs is 1. The number of ether oxygens (including phenoxy) is 2. The Balaban J connectivity index is 2.37. The van der Waals surface area contributed by atoms with E-state index in [9.17, 15) is 0 Å². The lowest BCUT2D eigenvalue weighted by molar-refractivity contribution is 0.0403. The quantitative estimate of drug-likeness (QED) is 0.793. The minimum atomic E-state index is 0.128. The Morgan fingerprint density at radius 2 is 2.38 bits per heavy atom. The van der Waals surface area contributed by atoms with E-state index in [0.29, 0.717) is 5.88 Å². The van der Waals surface area contributed by atoms with Crippen molar-refractivity contribution in [2.24, 2.45) is 0 Å². The molecule has 2 rings (SSSR count). The number of halogens is 2. The summed E-state index contributed by atoms with van der Waals surface area (Å²) < 4.78 is 12.0. The molecular formula is C12H14BrClO2. The molecule has 2 nitrogen and oxygen atoms in total. The molecule has 16 heavy (non-hydrogen) atoms. The first-order valence-corrected chi connectivity index (χ1v) is 6.63. The maximum absolute atomic E-state index is 5.78. The molecule has 0 saturated carbocycles. The van der Waals surface area contributed by atoms with E-state index in [1.165, 1.54) is 11.1 Å². The summed E-state index contributed by atoms with van der Waals surface area (Å²) in [6.45, 7) is 0.763. The van der Waals surface area contributed by atoms with E-state index in [4.69, 9.17) is 21.1 Å². The van der Waals surface area contributed by atoms with Crippen LogP contribution in [0.25, 0.3) is 0 Å². The monoisotopic (exact) mass is 304 g/mol. The lowest BCUT2D eigenvalue weighted by Gasteiger charge is -2.26. The van der Waals surface area contributed by atoms with Crippen LogP contribution in [0.5, 0.6) is 5.75 Å². The first-order valence-electron chi connectivity index (χ1n) is 5.30. The Bertz CT molecular complexity index is 382. The molecule has 0 aliphatic carbocycles. The van der Waals surface area contributed by atoms with Gasteiger partial charge >= 0.3 is 0 Å². The van der Waals surface area contributed by atoms with Crippen LogP contribution in [0.3, 0.4) is 0 Å². The van der Waals surface area contributed by atoms with Crippen LogP contribution in [0.2, 0.25) is 0 Å². The third kappa shape index (κ3) is 2.36. The van der Waals surface area contributed by atoms with Crippen molar-refractivity contribution in [1.82, 2.24) is 0 Å². The average Bonchev–Trinajstić information content (AvgIpc) is 2.29. The average molecular weight is 306 g/mol. The molecule has 4 heteroatoms. The molecule has 1 heterocycles. The summed E-state index contributed by atoms with van der Waals surface area (Å²) in [7, 11) is 1.68. The summed E-state index contributed by atoms with van der Waals surface area (Å²) >= 11 is 9.28. The fraction of sp³-hybridized carbons (Fsp3) is 0.500. The minimum Gasteiger partial charge on any atom is -0.496 e. The van der Waals surface area contributed by atoms with Gasteiger partial charge in [-0.1, -0.05) is 0 Å². The molecule has 0 bridgehead atoms. The molecule has 0 aromatic heterocycles. The van der Waals surface area contributed by atoms with Crippen molar-refractivity contribution in [3.05, 3.63) is 27.7 Å². The lowest BCUT2D eigenvalue weighted by Crippen LogP contribution is -2.17. The number of methoxy groups -OCH3 is 1. The normalized spacial score (nSPS) is 19.3. The van der Waals surface area contributed by atoms with Crippen molar-refractivity contribution in [2.75, 3.05) is 19.6 Å². The molecule has 0 spiro atoms. The molecule has 0 N–H and O–H groups in total. The van der Waals surface area contributed by atoms with Crippen LogP contribution in [0, 0.1) is 0 Å². The van der Waals surface area contributed by atoms with Crippen molar-refractivity contribution < 1.29 is 9.47 Å². The van der Waals surface area contributed by atoms with Gasteiger partial charge in [0, 0.05) is 5.88 Å². The lowest BCUT2D eigenvalue weighted by atomic mass is 9.96. The van der Waals surface area contributed by atoms with Gasteiger partial charge in [-0.2, -0.15) is 0 Å². The zero-order valence-electron chi connectivity index (χ0n) is 9.13. The standard InChI is InChI=1S/C12H14BrClO2/c1-15-12-6-8-3-5-16-11(2-4-14)9(8)7-10(12)13/h6-7,11H,2-5H2,1H3. The predicted octanol–water partition coefficient (Wildman–Crippen LogP) is 3.70. The Labute approximate surface area is 109 Å². The van der Waals surface area contributed by atoms with Crippen LogP contribution in [0.1, 0.15) is 23.7 Å². The van der Waals surface area contributed by atoms with Crippen LogP contribution in [-0.2, 0) is 11.2 Å². The highest BCUT2D eigenvalue weighted by Crippen LogP contribution is 2.36. The van der Waals surface area contributed by atoms with E-state index < -0.39 is 0 Å². The van der Waals surface area contributed by atoms with Gasteiger partial charge in [0.15, 0.2) is 0 Å². The largest absolute Gasteiger partial charge is 0.496 e. The molecule has 88 valence electrons. The highest BCUT2D eigenvalue weighted by Gasteiger charge is 2.22. The summed E-state index contributed by atoms with van der Waals surface area (Å²) in [6.07, 6.45) is 1.92. The number of rotatable bonds is 3. The van der Waals surface area contributed by atoms with Crippen LogP contribution in [0.4, 0.5) is 0 Å². The molecule has 1 atom stereocenters. The van der Waals surface area contributed by atoms with Gasteiger partial charge in [-0.05, 0) is 52.0 Å². The SMILES string of the molecule is COc1cc2c(cc1Br)C(CCCl)OCC2. The van der Waals surface area contributed by atoms with Crippen molar-refractivity contribution >= 4 is 27.5 Å². The zero-order chi connectivity index (χ0) is 11.5. The molecular weight excluding hydrogens is 291 g/mol. The highest BCUT2D eigenvalue weighted by molar-refractivity contribution is 9.10. The summed E-state index contributed by atoms with van der Waals surface area (Å²) in [5.41, 5.74) is 2.54. The number of benzene rings is 1. The van der Waals surface area contributed by atoms with E-state index in [-0.39, 0.29) is 6.10 Å². The van der Waals surface area contributed by atoms with Crippen molar-refractivity contribution in [2.45, 2.75) is 18.9 Å². The molecule has 0 fully saturated rings. The molecule has 1 aliphatic rings. The second kappa shape index (κ2) is 5.39. The van der Waals surface area contributed by atoms with Gasteiger partial charge < -0.3 is 9.47 Å². The summed E-state index contributed by atoms with van der Waals surface area (Å²) in [6, 6.07) is 4.17. The van der Waals surface area contributed by atoms with Gasteiger partial charge in [0.1, 0.15) is 5.75 Å². The fourth-order valence-corrected chi connectivity index (χ4v) is 2.74. The van der Waals surface area contributed by atoms with E-state index in [1.807, 2.05) is 0 Å². The van der Waals surface area contributed by atoms with E-state index in [0.717, 1.165) is 29.7 Å². The Hall–Kier alpha value is -0.250. The first kappa shape index (κ1) is 12.2. The van der Waals surface area contributed by atoms with Crippen molar-refractivity contribution in [3.8, 4) is 5.75 Å². The molecule has 0 radical (unpaired) electrons. The van der Waals surface area contributed by atoms with Crippen LogP contribution < -0.4 is 4.74 Å². The Morgan fingerprint density at radius 1 is 1.56 bits per heavy atom. The molecule has 1 aromatic carbocycles. The molecule has 0 amide bonds. The van der Waals surface area contributed by atoms with Crippen molar-refractivity contribution in [3.63, 3.8) is 0 Å². The fourth-order valence-electron chi connectivity index (χ4n) is 2.02. The van der Waals surface area contributed by atoms with Crippen LogP contribution in [0.15, 0.2) is 16.6 Å². The topological polar surface area (TPSA) is 18.5 Å². The van der Waals surface area contributed by atoms with Gasteiger partial charge in [-0.15, -0.1) is 11.6 Å².